The van der Waals surface area contributed by atoms with Gasteiger partial charge in [0.25, 0.3) is 5.91 Å². The first-order valence-corrected chi connectivity index (χ1v) is 10.5. The van der Waals surface area contributed by atoms with Crippen LogP contribution < -0.4 is 9.47 Å². The highest BCUT2D eigenvalue weighted by molar-refractivity contribution is 7.21. The van der Waals surface area contributed by atoms with Gasteiger partial charge in [-0.2, -0.15) is 5.26 Å². The van der Waals surface area contributed by atoms with E-state index in [1.165, 1.54) is 12.1 Å². The maximum absolute atomic E-state index is 13.6. The van der Waals surface area contributed by atoms with Crippen LogP contribution in [0.4, 0.5) is 4.39 Å². The summed E-state index contributed by atoms with van der Waals surface area (Å²) in [6.07, 6.45) is 0.742. The molecule has 1 aliphatic rings. The van der Waals surface area contributed by atoms with Gasteiger partial charge in [-0.1, -0.05) is 11.6 Å². The first-order chi connectivity index (χ1) is 14.5. The molecule has 4 rings (SSSR count). The predicted octanol–water partition coefficient (Wildman–Crippen LogP) is 5.36. The molecule has 0 N–H and O–H groups in total. The maximum atomic E-state index is 13.6. The quantitative estimate of drug-likeness (QED) is 0.543. The number of thiophene rings is 1. The van der Waals surface area contributed by atoms with Crippen LogP contribution in [0.3, 0.4) is 0 Å². The molecule has 0 bridgehead atoms. The van der Waals surface area contributed by atoms with E-state index in [2.05, 4.69) is 6.07 Å². The summed E-state index contributed by atoms with van der Waals surface area (Å²) in [5.74, 6) is 0.516. The Kier molecular flexibility index (Phi) is 5.54. The zero-order valence-corrected chi connectivity index (χ0v) is 17.9. The highest BCUT2D eigenvalue weighted by atomic mass is 35.5. The van der Waals surface area contributed by atoms with Gasteiger partial charge in [-0.05, 0) is 47.9 Å². The molecule has 0 radical (unpaired) electrons. The fraction of sp³-hybridized carbons (Fsp3) is 0.273. The van der Waals surface area contributed by atoms with Crippen molar-refractivity contribution < 1.29 is 18.7 Å². The summed E-state index contributed by atoms with van der Waals surface area (Å²) in [4.78, 5) is 15.5. The normalized spacial score (nSPS) is 15.6. The zero-order chi connectivity index (χ0) is 21.4. The molecule has 154 valence electrons. The Balaban J connectivity index is 1.77. The van der Waals surface area contributed by atoms with Crippen molar-refractivity contribution in [1.82, 2.24) is 4.90 Å². The highest BCUT2D eigenvalue weighted by Crippen LogP contribution is 2.42. The van der Waals surface area contributed by atoms with E-state index in [1.54, 1.807) is 25.2 Å². The van der Waals surface area contributed by atoms with E-state index in [9.17, 15) is 14.4 Å². The summed E-state index contributed by atoms with van der Waals surface area (Å²) in [6, 6.07) is 9.75. The molecule has 30 heavy (non-hydrogen) atoms. The van der Waals surface area contributed by atoms with Crippen LogP contribution >= 0.6 is 22.9 Å². The lowest BCUT2D eigenvalue weighted by atomic mass is 9.90. The summed E-state index contributed by atoms with van der Waals surface area (Å²) in [7, 11) is 3.12. The Labute approximate surface area is 182 Å². The number of ether oxygens (including phenoxy) is 2. The molecule has 0 fully saturated rings. The summed E-state index contributed by atoms with van der Waals surface area (Å²) in [5.41, 5.74) is 1.87. The number of methoxy groups -OCH3 is 2. The molecule has 5 nitrogen and oxygen atoms in total. The van der Waals surface area contributed by atoms with Crippen molar-refractivity contribution in [3.05, 3.63) is 57.2 Å². The molecule has 0 aliphatic carbocycles. The van der Waals surface area contributed by atoms with Gasteiger partial charge < -0.3 is 14.4 Å². The van der Waals surface area contributed by atoms with Gasteiger partial charge in [0, 0.05) is 16.6 Å². The van der Waals surface area contributed by atoms with E-state index in [0.717, 1.165) is 22.5 Å². The average Bonchev–Trinajstić information content (AvgIpc) is 3.08. The van der Waals surface area contributed by atoms with Crippen LogP contribution in [-0.4, -0.2) is 31.6 Å². The van der Waals surface area contributed by atoms with E-state index in [-0.39, 0.29) is 18.1 Å². The average molecular weight is 445 g/mol. The van der Waals surface area contributed by atoms with E-state index < -0.39 is 6.04 Å². The number of carbonyl (C=O) groups excluding carboxylic acids is 1. The standard InChI is InChI=1S/C22H18ClFN2O3S/c1-28-17-9-12-6-8-26(16(5-7-25)15(12)11-18(17)29-2)22(27)21-20(23)14-4-3-13(24)10-19(14)30-21/h3-4,9-11,16H,5-6,8H2,1-2H3/t16-/m0/s1. The Morgan fingerprint density at radius 2 is 2.03 bits per heavy atom. The van der Waals surface area contributed by atoms with Crippen LogP contribution in [0.2, 0.25) is 5.02 Å². The lowest BCUT2D eigenvalue weighted by Crippen LogP contribution is -2.39. The molecule has 1 aromatic heterocycles. The predicted molar refractivity (Wildman–Crippen MR) is 114 cm³/mol. The van der Waals surface area contributed by atoms with Crippen molar-refractivity contribution in [2.75, 3.05) is 20.8 Å². The molecule has 0 saturated heterocycles. The Morgan fingerprint density at radius 3 is 2.73 bits per heavy atom. The number of hydrogen-bond donors (Lipinski definition) is 0. The molecule has 1 atom stereocenters. The number of rotatable bonds is 4. The van der Waals surface area contributed by atoms with Gasteiger partial charge in [-0.3, -0.25) is 4.79 Å². The molecule has 1 amide bonds. The molecule has 0 spiro atoms. The number of carbonyl (C=O) groups is 1. The number of benzene rings is 2. The Bertz CT molecular complexity index is 1190. The van der Waals surface area contributed by atoms with Crippen molar-refractivity contribution in [2.45, 2.75) is 18.9 Å². The second-order valence-corrected chi connectivity index (χ2v) is 8.35. The third kappa shape index (κ3) is 3.36. The van der Waals surface area contributed by atoms with Gasteiger partial charge in [-0.15, -0.1) is 11.3 Å². The number of fused-ring (bicyclic) bond motifs is 2. The number of nitriles is 1. The van der Waals surface area contributed by atoms with Crippen LogP contribution in [0.25, 0.3) is 10.1 Å². The zero-order valence-electron chi connectivity index (χ0n) is 16.4. The first-order valence-electron chi connectivity index (χ1n) is 9.28. The molecular weight excluding hydrogens is 427 g/mol. The van der Waals surface area contributed by atoms with E-state index in [4.69, 9.17) is 21.1 Å². The number of nitrogens with zero attached hydrogens (tertiary/aromatic N) is 2. The smallest absolute Gasteiger partial charge is 0.266 e. The minimum atomic E-state index is -0.441. The number of halogens is 2. The third-order valence-electron chi connectivity index (χ3n) is 5.33. The molecule has 0 unspecified atom stereocenters. The van der Waals surface area contributed by atoms with Gasteiger partial charge >= 0.3 is 0 Å². The van der Waals surface area contributed by atoms with E-state index >= 15 is 0 Å². The fourth-order valence-electron chi connectivity index (χ4n) is 3.88. The molecule has 2 heterocycles. The van der Waals surface area contributed by atoms with Crippen LogP contribution in [0.15, 0.2) is 30.3 Å². The van der Waals surface area contributed by atoms with Crippen LogP contribution in [0.1, 0.15) is 33.3 Å². The SMILES string of the molecule is COc1cc2c(cc1OC)[C@H](CC#N)N(C(=O)c1sc3cc(F)ccc3c1Cl)CC2. The van der Waals surface area contributed by atoms with Crippen LogP contribution in [-0.2, 0) is 6.42 Å². The van der Waals surface area contributed by atoms with Crippen LogP contribution in [0.5, 0.6) is 11.5 Å². The summed E-state index contributed by atoms with van der Waals surface area (Å²) in [5, 5.41) is 10.4. The van der Waals surface area contributed by atoms with Crippen molar-refractivity contribution in [3.63, 3.8) is 0 Å². The molecule has 1 aliphatic heterocycles. The van der Waals surface area contributed by atoms with Gasteiger partial charge in [0.05, 0.1) is 37.8 Å². The largest absolute Gasteiger partial charge is 0.493 e. The Morgan fingerprint density at radius 1 is 1.30 bits per heavy atom. The highest BCUT2D eigenvalue weighted by Gasteiger charge is 2.34. The molecule has 3 aromatic rings. The van der Waals surface area contributed by atoms with Crippen molar-refractivity contribution in [2.24, 2.45) is 0 Å². The first kappa shape index (κ1) is 20.5. The molecule has 8 heteroatoms. The van der Waals surface area contributed by atoms with Gasteiger partial charge in [0.2, 0.25) is 0 Å². The van der Waals surface area contributed by atoms with Crippen molar-refractivity contribution in [3.8, 4) is 17.6 Å². The second-order valence-electron chi connectivity index (χ2n) is 6.92. The van der Waals surface area contributed by atoms with Gasteiger partial charge in [0.15, 0.2) is 11.5 Å². The van der Waals surface area contributed by atoms with Gasteiger partial charge in [0.1, 0.15) is 10.7 Å². The van der Waals surface area contributed by atoms with E-state index in [0.29, 0.717) is 44.5 Å². The van der Waals surface area contributed by atoms with Crippen LogP contribution in [0, 0.1) is 17.1 Å². The number of amides is 1. The third-order valence-corrected chi connectivity index (χ3v) is 6.98. The monoisotopic (exact) mass is 444 g/mol. The molecular formula is C22H18ClFN2O3S. The minimum Gasteiger partial charge on any atom is -0.493 e. The van der Waals surface area contributed by atoms with E-state index in [1.807, 2.05) is 12.1 Å². The summed E-state index contributed by atoms with van der Waals surface area (Å²) < 4.78 is 25.0. The van der Waals surface area contributed by atoms with Crippen molar-refractivity contribution >= 4 is 38.9 Å². The molecule has 2 aromatic carbocycles. The lowest BCUT2D eigenvalue weighted by Gasteiger charge is -2.36. The Hall–Kier alpha value is -2.82. The second kappa shape index (κ2) is 8.13. The van der Waals surface area contributed by atoms with Gasteiger partial charge in [-0.25, -0.2) is 4.39 Å². The maximum Gasteiger partial charge on any atom is 0.266 e. The topological polar surface area (TPSA) is 62.6 Å². The minimum absolute atomic E-state index is 0.130. The lowest BCUT2D eigenvalue weighted by molar-refractivity contribution is 0.0669. The molecule has 0 saturated carbocycles. The number of hydrogen-bond acceptors (Lipinski definition) is 5. The summed E-state index contributed by atoms with van der Waals surface area (Å²) in [6.45, 7) is 0.437. The fourth-order valence-corrected chi connectivity index (χ4v) is 5.38. The van der Waals surface area contributed by atoms with Crippen molar-refractivity contribution in [1.29, 1.82) is 5.26 Å². The summed E-state index contributed by atoms with van der Waals surface area (Å²) >= 11 is 7.64.